The van der Waals surface area contributed by atoms with Crippen LogP contribution in [0.1, 0.15) is 18.9 Å². The van der Waals surface area contributed by atoms with Crippen LogP contribution in [-0.2, 0) is 9.59 Å². The zero-order chi connectivity index (χ0) is 24.2. The molecule has 1 N–H and O–H groups in total. The summed E-state index contributed by atoms with van der Waals surface area (Å²) in [5.41, 5.74) is 4.13. The van der Waals surface area contributed by atoms with Crippen molar-refractivity contribution in [3.63, 3.8) is 0 Å². The molecule has 0 bridgehead atoms. The Balaban J connectivity index is 1.24. The highest BCUT2D eigenvalue weighted by Crippen LogP contribution is 2.24. The number of anilines is 2. The number of rotatable bonds is 6. The molecular formula is C27H34N4O3. The summed E-state index contributed by atoms with van der Waals surface area (Å²) in [7, 11) is 1.76. The lowest BCUT2D eigenvalue weighted by Crippen LogP contribution is -2.51. The molecule has 7 nitrogen and oxygen atoms in total. The van der Waals surface area contributed by atoms with E-state index in [-0.39, 0.29) is 23.5 Å². The second-order valence-electron chi connectivity index (χ2n) is 9.33. The van der Waals surface area contributed by atoms with Gasteiger partial charge in [0.1, 0.15) is 5.75 Å². The number of phenols is 1. The Kier molecular flexibility index (Phi) is 7.22. The summed E-state index contributed by atoms with van der Waals surface area (Å²) in [6.07, 6.45) is 0.752. The van der Waals surface area contributed by atoms with Gasteiger partial charge in [0, 0.05) is 51.1 Å². The van der Waals surface area contributed by atoms with Crippen molar-refractivity contribution < 1.29 is 14.7 Å². The van der Waals surface area contributed by atoms with E-state index in [9.17, 15) is 14.7 Å². The van der Waals surface area contributed by atoms with Crippen molar-refractivity contribution in [2.24, 2.45) is 5.92 Å². The summed E-state index contributed by atoms with van der Waals surface area (Å²) in [5.74, 6) is 0.242. The number of benzene rings is 2. The van der Waals surface area contributed by atoms with Gasteiger partial charge in [-0.2, -0.15) is 0 Å². The lowest BCUT2D eigenvalue weighted by Gasteiger charge is -2.36. The van der Waals surface area contributed by atoms with Crippen molar-refractivity contribution in [2.75, 3.05) is 62.7 Å². The molecule has 2 aromatic carbocycles. The van der Waals surface area contributed by atoms with Gasteiger partial charge in [0.2, 0.25) is 11.8 Å². The molecule has 0 unspecified atom stereocenters. The lowest BCUT2D eigenvalue weighted by molar-refractivity contribution is -0.132. The molecular weight excluding hydrogens is 428 g/mol. The Morgan fingerprint density at radius 2 is 1.65 bits per heavy atom. The van der Waals surface area contributed by atoms with Crippen LogP contribution in [0.25, 0.3) is 5.57 Å². The maximum absolute atomic E-state index is 12.9. The Morgan fingerprint density at radius 3 is 2.26 bits per heavy atom. The van der Waals surface area contributed by atoms with Gasteiger partial charge >= 0.3 is 0 Å². The molecule has 2 saturated heterocycles. The van der Waals surface area contributed by atoms with Gasteiger partial charge in [0.25, 0.3) is 0 Å². The predicted octanol–water partition coefficient (Wildman–Crippen LogP) is 3.06. The standard InChI is InChI=1S/C27H34N4O3/c1-20(2)21-4-6-24(7-5-21)30-14-16-31(17-15-30)26(33)19-29-13-12-22(18-29)27(34)28(3)23-8-10-25(32)11-9-23/h4-11,22,32H,1,12-19H2,2-3H3/t22-/m0/s1. The average Bonchev–Trinajstić information content (AvgIpc) is 3.32. The van der Waals surface area contributed by atoms with E-state index in [1.54, 1.807) is 36.2 Å². The summed E-state index contributed by atoms with van der Waals surface area (Å²) >= 11 is 0. The highest BCUT2D eigenvalue weighted by Gasteiger charge is 2.32. The number of nitrogens with zero attached hydrogens (tertiary/aromatic N) is 4. The van der Waals surface area contributed by atoms with Gasteiger partial charge in [-0.25, -0.2) is 0 Å². The van der Waals surface area contributed by atoms with Crippen LogP contribution in [0.3, 0.4) is 0 Å². The lowest BCUT2D eigenvalue weighted by atomic mass is 10.1. The molecule has 2 aliphatic rings. The molecule has 2 fully saturated rings. The fourth-order valence-corrected chi connectivity index (χ4v) is 4.72. The van der Waals surface area contributed by atoms with Crippen LogP contribution in [0.5, 0.6) is 5.75 Å². The van der Waals surface area contributed by atoms with Crippen LogP contribution in [0, 0.1) is 5.92 Å². The van der Waals surface area contributed by atoms with Gasteiger partial charge in [-0.3, -0.25) is 14.5 Å². The minimum atomic E-state index is -0.120. The number of piperazine rings is 1. The third kappa shape index (κ3) is 5.42. The Hall–Kier alpha value is -3.32. The zero-order valence-corrected chi connectivity index (χ0v) is 20.1. The molecule has 34 heavy (non-hydrogen) atoms. The second kappa shape index (κ2) is 10.3. The molecule has 180 valence electrons. The molecule has 1 atom stereocenters. The van der Waals surface area contributed by atoms with Crippen LogP contribution in [0.2, 0.25) is 0 Å². The molecule has 2 amide bonds. The first-order valence-corrected chi connectivity index (χ1v) is 11.9. The summed E-state index contributed by atoms with van der Waals surface area (Å²) in [4.78, 5) is 33.8. The number of likely N-dealkylation sites (tertiary alicyclic amines) is 1. The number of aromatic hydroxyl groups is 1. The molecule has 0 radical (unpaired) electrons. The summed E-state index contributed by atoms with van der Waals surface area (Å²) < 4.78 is 0. The number of hydrogen-bond donors (Lipinski definition) is 1. The predicted molar refractivity (Wildman–Crippen MR) is 136 cm³/mol. The minimum Gasteiger partial charge on any atom is -0.508 e. The van der Waals surface area contributed by atoms with E-state index in [2.05, 4.69) is 40.6 Å². The van der Waals surface area contributed by atoms with Crippen LogP contribution in [0.15, 0.2) is 55.1 Å². The van der Waals surface area contributed by atoms with Crippen molar-refractivity contribution in [1.82, 2.24) is 9.80 Å². The van der Waals surface area contributed by atoms with Crippen LogP contribution in [-0.4, -0.2) is 79.6 Å². The Bertz CT molecular complexity index is 1030. The van der Waals surface area contributed by atoms with E-state index in [1.165, 1.54) is 5.69 Å². The Morgan fingerprint density at radius 1 is 1.00 bits per heavy atom. The number of carbonyl (C=O) groups is 2. The SMILES string of the molecule is C=C(C)c1ccc(N2CCN(C(=O)CN3CC[C@H](C(=O)N(C)c4ccc(O)cc4)C3)CC2)cc1. The molecule has 0 spiro atoms. The molecule has 7 heteroatoms. The third-order valence-electron chi connectivity index (χ3n) is 6.91. The van der Waals surface area contributed by atoms with Crippen molar-refractivity contribution in [2.45, 2.75) is 13.3 Å². The molecule has 0 aromatic heterocycles. The summed E-state index contributed by atoms with van der Waals surface area (Å²) in [6.45, 7) is 10.8. The maximum Gasteiger partial charge on any atom is 0.236 e. The van der Waals surface area contributed by atoms with Crippen molar-refractivity contribution >= 4 is 28.8 Å². The van der Waals surface area contributed by atoms with Gasteiger partial charge in [0.15, 0.2) is 0 Å². The first-order chi connectivity index (χ1) is 16.3. The first-order valence-electron chi connectivity index (χ1n) is 11.9. The summed E-state index contributed by atoms with van der Waals surface area (Å²) in [6, 6.07) is 15.1. The monoisotopic (exact) mass is 462 g/mol. The fraction of sp³-hybridized carbons (Fsp3) is 0.407. The van der Waals surface area contributed by atoms with Gasteiger partial charge in [-0.15, -0.1) is 0 Å². The zero-order valence-electron chi connectivity index (χ0n) is 20.1. The molecule has 2 heterocycles. The number of allylic oxidation sites excluding steroid dienone is 1. The fourth-order valence-electron chi connectivity index (χ4n) is 4.72. The topological polar surface area (TPSA) is 67.3 Å². The van der Waals surface area contributed by atoms with E-state index in [4.69, 9.17) is 0 Å². The Labute approximate surface area is 201 Å². The number of phenolic OH excluding ortho intramolecular Hbond substituents is 1. The number of amides is 2. The van der Waals surface area contributed by atoms with Gasteiger partial charge in [-0.1, -0.05) is 24.3 Å². The highest BCUT2D eigenvalue weighted by atomic mass is 16.3. The maximum atomic E-state index is 12.9. The van der Waals surface area contributed by atoms with E-state index in [0.717, 1.165) is 42.9 Å². The quantitative estimate of drug-likeness (QED) is 0.715. The molecule has 4 rings (SSSR count). The van der Waals surface area contributed by atoms with Gasteiger partial charge in [-0.05, 0) is 61.9 Å². The van der Waals surface area contributed by atoms with Crippen LogP contribution < -0.4 is 9.80 Å². The molecule has 2 aliphatic heterocycles. The minimum absolute atomic E-state index is 0.0481. The molecule has 2 aromatic rings. The van der Waals surface area contributed by atoms with E-state index in [1.807, 2.05) is 11.8 Å². The van der Waals surface area contributed by atoms with Crippen molar-refractivity contribution in [3.8, 4) is 5.75 Å². The highest BCUT2D eigenvalue weighted by molar-refractivity contribution is 5.95. The normalized spacial score (nSPS) is 18.7. The van der Waals surface area contributed by atoms with Crippen LogP contribution in [0.4, 0.5) is 11.4 Å². The van der Waals surface area contributed by atoms with Gasteiger partial charge in [0.05, 0.1) is 12.5 Å². The smallest absolute Gasteiger partial charge is 0.236 e. The third-order valence-corrected chi connectivity index (χ3v) is 6.91. The largest absolute Gasteiger partial charge is 0.508 e. The van der Waals surface area contributed by atoms with Crippen molar-refractivity contribution in [1.29, 1.82) is 0 Å². The van der Waals surface area contributed by atoms with E-state index >= 15 is 0 Å². The van der Waals surface area contributed by atoms with E-state index < -0.39 is 0 Å². The molecule has 0 aliphatic carbocycles. The number of carbonyl (C=O) groups excluding carboxylic acids is 2. The summed E-state index contributed by atoms with van der Waals surface area (Å²) in [5, 5.41) is 9.46. The van der Waals surface area contributed by atoms with E-state index in [0.29, 0.717) is 26.2 Å². The van der Waals surface area contributed by atoms with Gasteiger partial charge < -0.3 is 19.8 Å². The average molecular weight is 463 g/mol. The first kappa shape index (κ1) is 23.8. The second-order valence-corrected chi connectivity index (χ2v) is 9.33. The van der Waals surface area contributed by atoms with Crippen molar-refractivity contribution in [3.05, 3.63) is 60.7 Å². The number of hydrogen-bond acceptors (Lipinski definition) is 5. The molecule has 0 saturated carbocycles. The van der Waals surface area contributed by atoms with Crippen LogP contribution >= 0.6 is 0 Å².